The minimum absolute atomic E-state index is 0.127. The van der Waals surface area contributed by atoms with E-state index in [0.29, 0.717) is 16.7 Å². The molecule has 0 spiro atoms. The van der Waals surface area contributed by atoms with Gasteiger partial charge in [0.2, 0.25) is 5.91 Å². The molecular weight excluding hydrogens is 405 g/mol. The Morgan fingerprint density at radius 1 is 1.17 bits per heavy atom. The maximum Gasteiger partial charge on any atom is 0.264 e. The third-order valence-electron chi connectivity index (χ3n) is 4.59. The van der Waals surface area contributed by atoms with Gasteiger partial charge in [-0.15, -0.1) is 11.8 Å². The molecule has 0 saturated heterocycles. The zero-order valence-electron chi connectivity index (χ0n) is 16.1. The van der Waals surface area contributed by atoms with Crippen molar-refractivity contribution in [3.05, 3.63) is 77.2 Å². The first-order valence-corrected chi connectivity index (χ1v) is 10.4. The fraction of sp³-hybridized carbons (Fsp3) is 0.143. The molecule has 0 aliphatic rings. The summed E-state index contributed by atoms with van der Waals surface area (Å²) in [6.07, 6.45) is 4.90. The number of fused-ring (bicyclic) bond motifs is 1. The van der Waals surface area contributed by atoms with Gasteiger partial charge in [-0.25, -0.2) is 14.1 Å². The van der Waals surface area contributed by atoms with Gasteiger partial charge >= 0.3 is 0 Å². The van der Waals surface area contributed by atoms with Gasteiger partial charge in [0.1, 0.15) is 11.2 Å². The van der Waals surface area contributed by atoms with Gasteiger partial charge in [-0.1, -0.05) is 12.1 Å². The normalized spacial score (nSPS) is 11.0. The Bertz CT molecular complexity index is 1270. The first-order chi connectivity index (χ1) is 14.6. The number of hydrogen-bond acceptors (Lipinski definition) is 5. The minimum Gasteiger partial charge on any atom is -0.325 e. The Hall–Kier alpha value is -3.46. The number of thioether (sulfide) groups is 1. The summed E-state index contributed by atoms with van der Waals surface area (Å²) in [5.41, 5.74) is 1.44. The molecule has 1 amide bonds. The van der Waals surface area contributed by atoms with Gasteiger partial charge in [-0.05, 0) is 42.7 Å². The molecule has 30 heavy (non-hydrogen) atoms. The molecule has 2 aromatic carbocycles. The highest BCUT2D eigenvalue weighted by atomic mass is 32.2. The molecule has 0 saturated carbocycles. The lowest BCUT2D eigenvalue weighted by molar-refractivity contribution is -0.116. The van der Waals surface area contributed by atoms with Gasteiger partial charge in [0.15, 0.2) is 5.65 Å². The second-order valence-corrected chi connectivity index (χ2v) is 7.36. The van der Waals surface area contributed by atoms with Crippen molar-refractivity contribution in [2.24, 2.45) is 0 Å². The fourth-order valence-corrected chi connectivity index (χ4v) is 3.62. The van der Waals surface area contributed by atoms with Crippen LogP contribution in [0.3, 0.4) is 0 Å². The van der Waals surface area contributed by atoms with Crippen LogP contribution in [0.15, 0.2) is 70.7 Å². The molecule has 152 valence electrons. The van der Waals surface area contributed by atoms with Gasteiger partial charge in [0.25, 0.3) is 5.56 Å². The summed E-state index contributed by atoms with van der Waals surface area (Å²) in [6.45, 7) is 0.191. The minimum atomic E-state index is -0.357. The highest BCUT2D eigenvalue weighted by molar-refractivity contribution is 7.98. The smallest absolute Gasteiger partial charge is 0.264 e. The van der Waals surface area contributed by atoms with Crippen LogP contribution in [-0.2, 0) is 11.3 Å². The second-order valence-electron chi connectivity index (χ2n) is 6.51. The van der Waals surface area contributed by atoms with Gasteiger partial charge < -0.3 is 5.32 Å². The zero-order valence-corrected chi connectivity index (χ0v) is 16.9. The quantitative estimate of drug-likeness (QED) is 0.480. The molecule has 2 heterocycles. The van der Waals surface area contributed by atoms with Crippen molar-refractivity contribution in [1.29, 1.82) is 0 Å². The topological polar surface area (TPSA) is 81.8 Å². The summed E-state index contributed by atoms with van der Waals surface area (Å²) in [7, 11) is 0. The molecule has 0 atom stereocenters. The lowest BCUT2D eigenvalue weighted by Gasteiger charge is -2.10. The van der Waals surface area contributed by atoms with Crippen LogP contribution in [0.25, 0.3) is 16.7 Å². The van der Waals surface area contributed by atoms with Gasteiger partial charge in [-0.2, -0.15) is 5.10 Å². The van der Waals surface area contributed by atoms with Gasteiger partial charge in [-0.3, -0.25) is 14.2 Å². The molecule has 4 rings (SSSR count). The van der Waals surface area contributed by atoms with Crippen molar-refractivity contribution in [2.75, 3.05) is 11.6 Å². The number of carbonyl (C=O) groups excluding carboxylic acids is 1. The zero-order chi connectivity index (χ0) is 21.1. The van der Waals surface area contributed by atoms with E-state index in [0.717, 1.165) is 10.6 Å². The average molecular weight is 423 g/mol. The number of anilines is 1. The molecule has 0 radical (unpaired) electrons. The lowest BCUT2D eigenvalue weighted by atomic mass is 10.3. The number of halogens is 1. The number of nitrogens with zero attached hydrogens (tertiary/aromatic N) is 4. The number of rotatable bonds is 6. The standard InChI is InChI=1S/C21H18FN5O2S/c1-30-18-5-3-2-4-17(18)25-19(28)10-11-26-13-23-20-16(21(26)29)12-24-27(20)15-8-6-14(22)7-9-15/h2-9,12-13H,10-11H2,1H3,(H,25,28). The number of nitrogens with one attached hydrogen (secondary N) is 1. The molecule has 2 aromatic heterocycles. The van der Waals surface area contributed by atoms with E-state index in [-0.39, 0.29) is 30.2 Å². The maximum absolute atomic E-state index is 13.2. The number of benzene rings is 2. The lowest BCUT2D eigenvalue weighted by Crippen LogP contribution is -2.23. The van der Waals surface area contributed by atoms with E-state index >= 15 is 0 Å². The fourth-order valence-electron chi connectivity index (χ4n) is 3.06. The van der Waals surface area contributed by atoms with Crippen LogP contribution in [0.5, 0.6) is 0 Å². The Morgan fingerprint density at radius 3 is 2.70 bits per heavy atom. The number of hydrogen-bond donors (Lipinski definition) is 1. The highest BCUT2D eigenvalue weighted by Gasteiger charge is 2.13. The third kappa shape index (κ3) is 3.97. The number of para-hydroxylation sites is 1. The molecular formula is C21H18FN5O2S. The van der Waals surface area contributed by atoms with Crippen molar-refractivity contribution < 1.29 is 9.18 Å². The largest absolute Gasteiger partial charge is 0.325 e. The van der Waals surface area contributed by atoms with E-state index in [4.69, 9.17) is 0 Å². The van der Waals surface area contributed by atoms with E-state index < -0.39 is 0 Å². The monoisotopic (exact) mass is 423 g/mol. The Kier molecular flexibility index (Phi) is 5.62. The second kappa shape index (κ2) is 8.50. The van der Waals surface area contributed by atoms with Crippen LogP contribution in [0.4, 0.5) is 10.1 Å². The van der Waals surface area contributed by atoms with E-state index in [1.807, 2.05) is 30.5 Å². The van der Waals surface area contributed by atoms with Crippen LogP contribution in [0.2, 0.25) is 0 Å². The summed E-state index contributed by atoms with van der Waals surface area (Å²) < 4.78 is 16.0. The molecule has 0 bridgehead atoms. The highest BCUT2D eigenvalue weighted by Crippen LogP contribution is 2.24. The van der Waals surface area contributed by atoms with E-state index in [1.54, 1.807) is 23.9 Å². The SMILES string of the molecule is CSc1ccccc1NC(=O)CCn1cnc2c(cnn2-c2ccc(F)cc2)c1=O. The summed E-state index contributed by atoms with van der Waals surface area (Å²) in [5.74, 6) is -0.547. The third-order valence-corrected chi connectivity index (χ3v) is 5.38. The van der Waals surface area contributed by atoms with Crippen LogP contribution < -0.4 is 10.9 Å². The Labute approximate surface area is 175 Å². The summed E-state index contributed by atoms with van der Waals surface area (Å²) in [5, 5.41) is 7.41. The maximum atomic E-state index is 13.2. The summed E-state index contributed by atoms with van der Waals surface area (Å²) in [6, 6.07) is 13.3. The van der Waals surface area contributed by atoms with Crippen molar-refractivity contribution in [2.45, 2.75) is 17.9 Å². The van der Waals surface area contributed by atoms with Crippen LogP contribution in [0.1, 0.15) is 6.42 Å². The first-order valence-electron chi connectivity index (χ1n) is 9.19. The molecule has 7 nitrogen and oxygen atoms in total. The molecule has 0 aliphatic carbocycles. The van der Waals surface area contributed by atoms with Crippen LogP contribution >= 0.6 is 11.8 Å². The van der Waals surface area contributed by atoms with Crippen molar-refractivity contribution in [3.8, 4) is 5.69 Å². The van der Waals surface area contributed by atoms with E-state index in [2.05, 4.69) is 15.4 Å². The number of aromatic nitrogens is 4. The summed E-state index contributed by atoms with van der Waals surface area (Å²) >= 11 is 1.55. The van der Waals surface area contributed by atoms with Crippen molar-refractivity contribution in [3.63, 3.8) is 0 Å². The Balaban J connectivity index is 1.51. The predicted octanol–water partition coefficient (Wildman–Crippen LogP) is 3.47. The number of amides is 1. The van der Waals surface area contributed by atoms with E-state index in [1.165, 1.54) is 33.9 Å². The molecule has 9 heteroatoms. The Morgan fingerprint density at radius 2 is 1.93 bits per heavy atom. The van der Waals surface area contributed by atoms with Crippen LogP contribution in [0, 0.1) is 5.82 Å². The van der Waals surface area contributed by atoms with Crippen molar-refractivity contribution >= 4 is 34.4 Å². The molecule has 0 aliphatic heterocycles. The summed E-state index contributed by atoms with van der Waals surface area (Å²) in [4.78, 5) is 30.4. The van der Waals surface area contributed by atoms with Crippen molar-refractivity contribution in [1.82, 2.24) is 19.3 Å². The van der Waals surface area contributed by atoms with Gasteiger partial charge in [0.05, 0.1) is 23.9 Å². The molecule has 0 unspecified atom stereocenters. The van der Waals surface area contributed by atoms with Crippen LogP contribution in [-0.4, -0.2) is 31.5 Å². The van der Waals surface area contributed by atoms with E-state index in [9.17, 15) is 14.0 Å². The first kappa shape index (κ1) is 19.8. The number of carbonyl (C=O) groups is 1. The molecule has 4 aromatic rings. The average Bonchev–Trinajstić information content (AvgIpc) is 3.19. The van der Waals surface area contributed by atoms with Gasteiger partial charge in [0, 0.05) is 17.9 Å². The number of aryl methyl sites for hydroxylation is 1. The molecule has 1 N–H and O–H groups in total. The molecule has 0 fully saturated rings. The predicted molar refractivity (Wildman–Crippen MR) is 115 cm³/mol.